The zero-order chi connectivity index (χ0) is 29.8. The zero-order valence-corrected chi connectivity index (χ0v) is 25.0. The Kier molecular flexibility index (Phi) is 8.58. The summed E-state index contributed by atoms with van der Waals surface area (Å²) >= 11 is 3.50. The smallest absolute Gasteiger partial charge is 0.344 e. The van der Waals surface area contributed by atoms with E-state index in [2.05, 4.69) is 21.0 Å². The van der Waals surface area contributed by atoms with Crippen LogP contribution in [-0.4, -0.2) is 48.3 Å². The van der Waals surface area contributed by atoms with Crippen molar-refractivity contribution in [1.29, 1.82) is 0 Å². The lowest BCUT2D eigenvalue weighted by Gasteiger charge is -2.15. The average Bonchev–Trinajstić information content (AvgIpc) is 3.40. The van der Waals surface area contributed by atoms with Crippen LogP contribution in [0.3, 0.4) is 0 Å². The topological polar surface area (TPSA) is 114 Å². The fourth-order valence-corrected chi connectivity index (χ4v) is 4.90. The molecular weight excluding hydrogens is 606 g/mol. The molecule has 0 aliphatic heterocycles. The summed E-state index contributed by atoms with van der Waals surface area (Å²) in [4.78, 5) is 30.4. The number of methoxy groups -OCH3 is 1. The molecule has 216 valence electrons. The Morgan fingerprint density at radius 3 is 2.64 bits per heavy atom. The third-order valence-corrected chi connectivity index (χ3v) is 6.66. The van der Waals surface area contributed by atoms with Crippen LogP contribution in [0.5, 0.6) is 17.2 Å². The lowest BCUT2D eigenvalue weighted by atomic mass is 10.2. The van der Waals surface area contributed by atoms with Gasteiger partial charge in [-0.05, 0) is 84.7 Å². The van der Waals surface area contributed by atoms with Crippen LogP contribution in [0, 0.1) is 0 Å². The van der Waals surface area contributed by atoms with Gasteiger partial charge in [0.2, 0.25) is 5.82 Å². The van der Waals surface area contributed by atoms with Gasteiger partial charge in [0.25, 0.3) is 5.56 Å². The minimum Gasteiger partial charge on any atom is -0.496 e. The quantitative estimate of drug-likeness (QED) is 0.132. The summed E-state index contributed by atoms with van der Waals surface area (Å²) in [6.07, 6.45) is 1.25. The van der Waals surface area contributed by atoms with Crippen molar-refractivity contribution in [2.45, 2.75) is 26.9 Å². The van der Waals surface area contributed by atoms with Crippen LogP contribution in [-0.2, 0) is 9.53 Å². The summed E-state index contributed by atoms with van der Waals surface area (Å²) in [6.45, 7) is 5.43. The van der Waals surface area contributed by atoms with Crippen LogP contribution in [0.15, 0.2) is 79.4 Å². The molecule has 0 bridgehead atoms. The summed E-state index contributed by atoms with van der Waals surface area (Å²) in [5.74, 6) is 1.44. The van der Waals surface area contributed by atoms with Crippen LogP contribution >= 0.6 is 15.9 Å². The van der Waals surface area contributed by atoms with Crippen molar-refractivity contribution in [2.24, 2.45) is 5.10 Å². The van der Waals surface area contributed by atoms with E-state index in [9.17, 15) is 9.59 Å². The van der Waals surface area contributed by atoms with E-state index in [0.717, 1.165) is 5.39 Å². The van der Waals surface area contributed by atoms with Crippen molar-refractivity contribution in [3.63, 3.8) is 0 Å². The molecule has 3 aromatic carbocycles. The highest BCUT2D eigenvalue weighted by atomic mass is 79.9. The molecular formula is C31H28BrN3O7. The maximum absolute atomic E-state index is 13.6. The predicted molar refractivity (Wildman–Crippen MR) is 163 cm³/mol. The third kappa shape index (κ3) is 6.01. The van der Waals surface area contributed by atoms with Gasteiger partial charge in [0, 0.05) is 0 Å². The number of ether oxygens (including phenoxy) is 4. The van der Waals surface area contributed by atoms with Crippen molar-refractivity contribution in [2.75, 3.05) is 20.3 Å². The standard InChI is InChI=1S/C31H28BrN3O7/c1-5-39-26-14-19(13-22(32)29(26)40-17-28(36)41-18(2)3)16-33-35-30(34-23-10-7-6-9-20(23)31(35)37)27-15-21-24(38-4)11-8-12-25(21)42-27/h6-16,18H,5,17H2,1-4H3. The number of aromatic nitrogens is 2. The van der Waals surface area contributed by atoms with Crippen molar-refractivity contribution in [3.8, 4) is 28.8 Å². The first kappa shape index (κ1) is 28.9. The normalized spacial score (nSPS) is 11.5. The number of benzene rings is 3. The van der Waals surface area contributed by atoms with Gasteiger partial charge in [-0.25, -0.2) is 9.78 Å². The van der Waals surface area contributed by atoms with Gasteiger partial charge in [0.15, 0.2) is 23.9 Å². The summed E-state index contributed by atoms with van der Waals surface area (Å²) in [7, 11) is 1.58. The molecule has 2 aromatic heterocycles. The number of para-hydroxylation sites is 1. The molecule has 11 heteroatoms. The number of halogens is 1. The minimum absolute atomic E-state index is 0.223. The first-order valence-electron chi connectivity index (χ1n) is 13.2. The highest BCUT2D eigenvalue weighted by Gasteiger charge is 2.19. The Hall–Kier alpha value is -4.64. The van der Waals surface area contributed by atoms with Crippen LogP contribution in [0.25, 0.3) is 33.5 Å². The molecule has 42 heavy (non-hydrogen) atoms. The van der Waals surface area contributed by atoms with Gasteiger partial charge < -0.3 is 23.4 Å². The highest BCUT2D eigenvalue weighted by Crippen LogP contribution is 2.37. The molecule has 0 unspecified atom stereocenters. The van der Waals surface area contributed by atoms with E-state index in [-0.39, 0.29) is 24.1 Å². The summed E-state index contributed by atoms with van der Waals surface area (Å²) < 4.78 is 29.9. The molecule has 0 amide bonds. The molecule has 0 aliphatic carbocycles. The van der Waals surface area contributed by atoms with Crippen LogP contribution < -0.4 is 19.8 Å². The maximum Gasteiger partial charge on any atom is 0.344 e. The number of rotatable bonds is 10. The van der Waals surface area contributed by atoms with E-state index in [1.165, 1.54) is 10.9 Å². The second-order valence-electron chi connectivity index (χ2n) is 9.39. The lowest BCUT2D eigenvalue weighted by Crippen LogP contribution is -2.20. The van der Waals surface area contributed by atoms with Crippen molar-refractivity contribution < 1.29 is 28.2 Å². The maximum atomic E-state index is 13.6. The fraction of sp³-hybridized carbons (Fsp3) is 0.226. The molecule has 0 aliphatic rings. The first-order chi connectivity index (χ1) is 20.3. The summed E-state index contributed by atoms with van der Waals surface area (Å²) in [5.41, 5.74) is 1.32. The first-order valence-corrected chi connectivity index (χ1v) is 14.0. The van der Waals surface area contributed by atoms with Gasteiger partial charge in [0.1, 0.15) is 11.3 Å². The average molecular weight is 634 g/mol. The predicted octanol–water partition coefficient (Wildman–Crippen LogP) is 6.19. The number of nitrogens with zero attached hydrogens (tertiary/aromatic N) is 3. The number of fused-ring (bicyclic) bond motifs is 2. The molecule has 0 N–H and O–H groups in total. The lowest BCUT2D eigenvalue weighted by molar-refractivity contribution is -0.149. The zero-order valence-electron chi connectivity index (χ0n) is 23.4. The molecule has 0 atom stereocenters. The second kappa shape index (κ2) is 12.5. The molecule has 0 fully saturated rings. The van der Waals surface area contributed by atoms with Gasteiger partial charge in [-0.3, -0.25) is 4.79 Å². The largest absolute Gasteiger partial charge is 0.496 e. The van der Waals surface area contributed by atoms with Crippen LogP contribution in [0.4, 0.5) is 0 Å². The second-order valence-corrected chi connectivity index (χ2v) is 10.2. The van der Waals surface area contributed by atoms with Gasteiger partial charge in [-0.1, -0.05) is 18.2 Å². The Morgan fingerprint density at radius 2 is 1.88 bits per heavy atom. The van der Waals surface area contributed by atoms with Crippen LogP contribution in [0.2, 0.25) is 0 Å². The van der Waals surface area contributed by atoms with Crippen LogP contribution in [0.1, 0.15) is 26.3 Å². The molecule has 0 spiro atoms. The Morgan fingerprint density at radius 1 is 1.07 bits per heavy atom. The number of hydrogen-bond donors (Lipinski definition) is 0. The van der Waals surface area contributed by atoms with Gasteiger partial charge >= 0.3 is 5.97 Å². The SMILES string of the molecule is CCOc1cc(C=Nn2c(-c3cc4c(OC)cccc4o3)nc3ccccc3c2=O)cc(Br)c1OCC(=O)OC(C)C. The highest BCUT2D eigenvalue weighted by molar-refractivity contribution is 9.10. The van der Waals surface area contributed by atoms with Gasteiger partial charge in [0.05, 0.1) is 46.8 Å². The number of furan rings is 1. The van der Waals surface area contributed by atoms with E-state index in [1.807, 2.05) is 31.2 Å². The van der Waals surface area contributed by atoms with Gasteiger partial charge in [-0.15, -0.1) is 0 Å². The number of carbonyl (C=O) groups is 1. The Balaban J connectivity index is 1.57. The van der Waals surface area contributed by atoms with Gasteiger partial charge in [-0.2, -0.15) is 9.78 Å². The minimum atomic E-state index is -0.496. The monoisotopic (exact) mass is 633 g/mol. The molecule has 10 nitrogen and oxygen atoms in total. The van der Waals surface area contributed by atoms with Crippen molar-refractivity contribution >= 4 is 50.0 Å². The van der Waals surface area contributed by atoms with Crippen molar-refractivity contribution in [3.05, 3.63) is 81.1 Å². The third-order valence-electron chi connectivity index (χ3n) is 6.07. The van der Waals surface area contributed by atoms with E-state index < -0.39 is 5.97 Å². The fourth-order valence-electron chi connectivity index (χ4n) is 4.33. The molecule has 0 saturated carbocycles. The Labute approximate surface area is 249 Å². The van der Waals surface area contributed by atoms with Crippen molar-refractivity contribution in [1.82, 2.24) is 9.66 Å². The number of hydrogen-bond acceptors (Lipinski definition) is 9. The van der Waals surface area contributed by atoms with E-state index >= 15 is 0 Å². The Bertz CT molecular complexity index is 1860. The van der Waals surface area contributed by atoms with E-state index in [0.29, 0.717) is 56.1 Å². The van der Waals surface area contributed by atoms with E-state index in [4.69, 9.17) is 28.3 Å². The molecule has 0 radical (unpaired) electrons. The number of esters is 1. The molecule has 2 heterocycles. The van der Waals surface area contributed by atoms with E-state index in [1.54, 1.807) is 57.4 Å². The molecule has 0 saturated heterocycles. The molecule has 5 aromatic rings. The molecule has 5 rings (SSSR count). The summed E-state index contributed by atoms with van der Waals surface area (Å²) in [5, 5.41) is 5.67. The number of carbonyl (C=O) groups excluding carboxylic acids is 1. The summed E-state index contributed by atoms with van der Waals surface area (Å²) in [6, 6.07) is 17.7.